The summed E-state index contributed by atoms with van der Waals surface area (Å²) in [7, 11) is 0. The molecule has 8 heteroatoms. The number of halogens is 2. The zero-order valence-corrected chi connectivity index (χ0v) is 12.1. The van der Waals surface area contributed by atoms with Crippen molar-refractivity contribution >= 4 is 17.8 Å². The van der Waals surface area contributed by atoms with Crippen LogP contribution in [-0.2, 0) is 19.1 Å². The van der Waals surface area contributed by atoms with E-state index in [0.717, 1.165) is 6.92 Å². The number of amides is 2. The molecule has 0 aromatic rings. The molecular weight excluding hydrogens is 286 g/mol. The molecule has 0 bridgehead atoms. The molecule has 0 aromatic heterocycles. The summed E-state index contributed by atoms with van der Waals surface area (Å²) in [6, 6.07) is 0. The Balaban J connectivity index is 2.88. The molecule has 1 saturated carbocycles. The normalized spacial score (nSPS) is 24.0. The van der Waals surface area contributed by atoms with Crippen molar-refractivity contribution in [1.82, 2.24) is 10.6 Å². The van der Waals surface area contributed by atoms with E-state index in [1.54, 1.807) is 6.92 Å². The summed E-state index contributed by atoms with van der Waals surface area (Å²) in [5, 5.41) is 4.22. The highest BCUT2D eigenvalue weighted by atomic mass is 19.3. The fraction of sp³-hybridized carbons (Fsp3) is 0.769. The van der Waals surface area contributed by atoms with Gasteiger partial charge in [0.15, 0.2) is 5.54 Å². The minimum Gasteiger partial charge on any atom is -0.465 e. The molecule has 1 rings (SSSR count). The van der Waals surface area contributed by atoms with Crippen LogP contribution < -0.4 is 10.6 Å². The lowest BCUT2D eigenvalue weighted by molar-refractivity contribution is -0.163. The highest BCUT2D eigenvalue weighted by Crippen LogP contribution is 2.42. The average molecular weight is 306 g/mol. The van der Waals surface area contributed by atoms with Gasteiger partial charge in [-0.2, -0.15) is 0 Å². The number of ether oxygens (including phenoxy) is 1. The van der Waals surface area contributed by atoms with E-state index in [0.29, 0.717) is 6.42 Å². The van der Waals surface area contributed by atoms with Gasteiger partial charge in [0, 0.05) is 13.3 Å². The number of nitrogens with one attached hydrogen (secondary N) is 2. The Kier molecular flexibility index (Phi) is 5.62. The Labute approximate surface area is 121 Å². The zero-order chi connectivity index (χ0) is 16.1. The lowest BCUT2D eigenvalue weighted by atomic mass is 9.77. The summed E-state index contributed by atoms with van der Waals surface area (Å²) in [4.78, 5) is 34.6. The molecule has 1 atom stereocenters. The Morgan fingerprint density at radius 1 is 1.19 bits per heavy atom. The molecule has 21 heavy (non-hydrogen) atoms. The van der Waals surface area contributed by atoms with Gasteiger partial charge < -0.3 is 15.4 Å². The number of hydrogen-bond donors (Lipinski definition) is 2. The van der Waals surface area contributed by atoms with Crippen LogP contribution in [-0.4, -0.2) is 42.4 Å². The van der Waals surface area contributed by atoms with E-state index in [1.165, 1.54) is 0 Å². The van der Waals surface area contributed by atoms with Crippen LogP contribution in [0.15, 0.2) is 0 Å². The van der Waals surface area contributed by atoms with Crippen molar-refractivity contribution in [2.75, 3.05) is 13.2 Å². The molecule has 1 fully saturated rings. The first-order chi connectivity index (χ1) is 9.75. The lowest BCUT2D eigenvalue weighted by Crippen LogP contribution is -2.69. The van der Waals surface area contributed by atoms with Gasteiger partial charge in [0.25, 0.3) is 11.8 Å². The van der Waals surface area contributed by atoms with Gasteiger partial charge in [-0.3, -0.25) is 14.4 Å². The van der Waals surface area contributed by atoms with Gasteiger partial charge in [0.05, 0.1) is 6.61 Å². The molecule has 120 valence electrons. The molecule has 1 aliphatic carbocycles. The summed E-state index contributed by atoms with van der Waals surface area (Å²) in [6.07, 6.45) is 0.0104. The predicted octanol–water partition coefficient (Wildman–Crippen LogP) is 0.750. The Hall–Kier alpha value is -1.73. The third-order valence-corrected chi connectivity index (χ3v) is 3.39. The SMILES string of the molecule is CCOC(=O)CNC(=O)[C@@]1(NC(C)=O)CCCCC1(F)F. The highest BCUT2D eigenvalue weighted by molar-refractivity contribution is 5.93. The molecule has 0 spiro atoms. The first-order valence-electron chi connectivity index (χ1n) is 6.85. The molecule has 0 saturated heterocycles. The zero-order valence-electron chi connectivity index (χ0n) is 12.1. The second-order valence-electron chi connectivity index (χ2n) is 4.99. The molecule has 0 aromatic carbocycles. The van der Waals surface area contributed by atoms with Crippen LogP contribution >= 0.6 is 0 Å². The van der Waals surface area contributed by atoms with Crippen molar-refractivity contribution in [3.63, 3.8) is 0 Å². The van der Waals surface area contributed by atoms with Crippen molar-refractivity contribution in [3.05, 3.63) is 0 Å². The van der Waals surface area contributed by atoms with Crippen molar-refractivity contribution in [2.45, 2.75) is 51.0 Å². The molecule has 2 amide bonds. The number of hydrogen-bond acceptors (Lipinski definition) is 4. The Morgan fingerprint density at radius 3 is 2.33 bits per heavy atom. The van der Waals surface area contributed by atoms with Crippen molar-refractivity contribution in [1.29, 1.82) is 0 Å². The first kappa shape index (κ1) is 17.3. The second-order valence-corrected chi connectivity index (χ2v) is 4.99. The van der Waals surface area contributed by atoms with Gasteiger partial charge in [0.2, 0.25) is 5.91 Å². The maximum Gasteiger partial charge on any atom is 0.325 e. The van der Waals surface area contributed by atoms with E-state index in [-0.39, 0.29) is 19.4 Å². The molecule has 1 aliphatic rings. The Morgan fingerprint density at radius 2 is 1.81 bits per heavy atom. The quantitative estimate of drug-likeness (QED) is 0.734. The predicted molar refractivity (Wildman–Crippen MR) is 69.6 cm³/mol. The van der Waals surface area contributed by atoms with Crippen molar-refractivity contribution in [2.24, 2.45) is 0 Å². The molecule has 0 aliphatic heterocycles. The Bertz CT molecular complexity index is 428. The van der Waals surface area contributed by atoms with Gasteiger partial charge in [-0.15, -0.1) is 0 Å². The summed E-state index contributed by atoms with van der Waals surface area (Å²) in [5.74, 6) is -5.86. The average Bonchev–Trinajstić information content (AvgIpc) is 2.38. The summed E-state index contributed by atoms with van der Waals surface area (Å²) < 4.78 is 33.0. The van der Waals surface area contributed by atoms with E-state index in [1.807, 2.05) is 0 Å². The maximum atomic E-state index is 14.2. The number of rotatable bonds is 5. The minimum absolute atomic E-state index is 0.127. The number of alkyl halides is 2. The first-order valence-corrected chi connectivity index (χ1v) is 6.85. The van der Waals surface area contributed by atoms with Crippen LogP contribution in [0.25, 0.3) is 0 Å². The molecule has 0 radical (unpaired) electrons. The number of carbonyl (C=O) groups is 3. The third kappa shape index (κ3) is 3.89. The van der Waals surface area contributed by atoms with Crippen LogP contribution in [0.4, 0.5) is 8.78 Å². The van der Waals surface area contributed by atoms with Gasteiger partial charge >= 0.3 is 5.97 Å². The van der Waals surface area contributed by atoms with Crippen LogP contribution in [0.2, 0.25) is 0 Å². The van der Waals surface area contributed by atoms with Crippen molar-refractivity contribution in [3.8, 4) is 0 Å². The second kappa shape index (κ2) is 6.82. The fourth-order valence-electron chi connectivity index (χ4n) is 2.44. The smallest absolute Gasteiger partial charge is 0.325 e. The van der Waals surface area contributed by atoms with Gasteiger partial charge in [0.1, 0.15) is 6.54 Å². The third-order valence-electron chi connectivity index (χ3n) is 3.39. The lowest BCUT2D eigenvalue weighted by Gasteiger charge is -2.42. The van der Waals surface area contributed by atoms with Crippen LogP contribution in [0.5, 0.6) is 0 Å². The molecule has 6 nitrogen and oxygen atoms in total. The monoisotopic (exact) mass is 306 g/mol. The number of carbonyl (C=O) groups excluding carboxylic acids is 3. The van der Waals surface area contributed by atoms with Gasteiger partial charge in [-0.05, 0) is 19.8 Å². The van der Waals surface area contributed by atoms with Gasteiger partial charge in [-0.25, -0.2) is 8.78 Å². The summed E-state index contributed by atoms with van der Waals surface area (Å²) in [5.41, 5.74) is -2.30. The van der Waals surface area contributed by atoms with E-state index in [4.69, 9.17) is 0 Å². The van der Waals surface area contributed by atoms with Crippen LogP contribution in [0.3, 0.4) is 0 Å². The van der Waals surface area contributed by atoms with Crippen LogP contribution in [0, 0.1) is 0 Å². The largest absolute Gasteiger partial charge is 0.465 e. The van der Waals surface area contributed by atoms with Crippen LogP contribution in [0.1, 0.15) is 39.5 Å². The topological polar surface area (TPSA) is 84.5 Å². The van der Waals surface area contributed by atoms with E-state index in [2.05, 4.69) is 15.4 Å². The fourth-order valence-corrected chi connectivity index (χ4v) is 2.44. The molecule has 0 heterocycles. The molecular formula is C13H20F2N2O4. The molecule has 2 N–H and O–H groups in total. The van der Waals surface area contributed by atoms with Crippen molar-refractivity contribution < 1.29 is 27.9 Å². The van der Waals surface area contributed by atoms with E-state index >= 15 is 0 Å². The number of esters is 1. The summed E-state index contributed by atoms with van der Waals surface area (Å²) >= 11 is 0. The van der Waals surface area contributed by atoms with E-state index in [9.17, 15) is 23.2 Å². The minimum atomic E-state index is -3.37. The maximum absolute atomic E-state index is 14.2. The standard InChI is InChI=1S/C13H20F2N2O4/c1-3-21-10(19)8-16-11(20)12(17-9(2)18)6-4-5-7-13(12,14)15/h3-8H2,1-2H3,(H,16,20)(H,17,18)/t12-/m0/s1. The van der Waals surface area contributed by atoms with Gasteiger partial charge in [-0.1, -0.05) is 6.42 Å². The molecule has 0 unspecified atom stereocenters. The van der Waals surface area contributed by atoms with E-state index < -0.39 is 42.2 Å². The summed E-state index contributed by atoms with van der Waals surface area (Å²) in [6.45, 7) is 2.28. The highest BCUT2D eigenvalue weighted by Gasteiger charge is 2.60.